The monoisotopic (exact) mass is 317 g/mol. The van der Waals surface area contributed by atoms with Gasteiger partial charge in [-0.1, -0.05) is 29.6 Å². The molecule has 0 bridgehead atoms. The fourth-order valence-corrected chi connectivity index (χ4v) is 2.89. The van der Waals surface area contributed by atoms with Gasteiger partial charge in [0.25, 0.3) is 5.91 Å². The molecule has 20 heavy (non-hydrogen) atoms. The molecule has 2 unspecified atom stereocenters. The summed E-state index contributed by atoms with van der Waals surface area (Å²) in [7, 11) is 0. The minimum atomic E-state index is -0.207. The number of aliphatic hydroxyl groups is 1. The Hall–Kier alpha value is -0.970. The van der Waals surface area contributed by atoms with Gasteiger partial charge in [-0.05, 0) is 31.0 Å². The van der Waals surface area contributed by atoms with Crippen LogP contribution in [0.15, 0.2) is 18.2 Å². The Kier molecular flexibility index (Phi) is 5.52. The first-order chi connectivity index (χ1) is 9.60. The van der Waals surface area contributed by atoms with E-state index in [1.165, 1.54) is 0 Å². The second-order valence-electron chi connectivity index (χ2n) is 4.91. The van der Waals surface area contributed by atoms with Crippen LogP contribution in [-0.2, 0) is 4.79 Å². The highest BCUT2D eigenvalue weighted by Gasteiger charge is 2.27. The lowest BCUT2D eigenvalue weighted by Crippen LogP contribution is -2.40. The highest BCUT2D eigenvalue weighted by atomic mass is 35.5. The van der Waals surface area contributed by atoms with Crippen LogP contribution in [0.4, 0.5) is 0 Å². The van der Waals surface area contributed by atoms with Crippen LogP contribution in [0.25, 0.3) is 0 Å². The van der Waals surface area contributed by atoms with Crippen molar-refractivity contribution in [2.24, 2.45) is 5.92 Å². The minimum absolute atomic E-state index is 0.0387. The molecule has 1 aromatic carbocycles. The SMILES string of the molecule is O=C(COc1ccc(Cl)cc1Cl)NC1CCCC1CO. The number of hydrogen-bond donors (Lipinski definition) is 2. The molecule has 110 valence electrons. The molecule has 0 radical (unpaired) electrons. The molecule has 2 rings (SSSR count). The quantitative estimate of drug-likeness (QED) is 0.877. The molecule has 1 aliphatic rings. The summed E-state index contributed by atoms with van der Waals surface area (Å²) in [6.45, 7) is 0.00478. The van der Waals surface area contributed by atoms with Crippen molar-refractivity contribution >= 4 is 29.1 Å². The van der Waals surface area contributed by atoms with Gasteiger partial charge in [0.15, 0.2) is 6.61 Å². The fourth-order valence-electron chi connectivity index (χ4n) is 2.43. The first-order valence-corrected chi connectivity index (χ1v) is 7.34. The fraction of sp³-hybridized carbons (Fsp3) is 0.500. The number of benzene rings is 1. The van der Waals surface area contributed by atoms with Gasteiger partial charge in [-0.25, -0.2) is 0 Å². The summed E-state index contributed by atoms with van der Waals surface area (Å²) in [4.78, 5) is 11.8. The van der Waals surface area contributed by atoms with E-state index in [0.717, 1.165) is 19.3 Å². The topological polar surface area (TPSA) is 58.6 Å². The maximum absolute atomic E-state index is 11.8. The lowest BCUT2D eigenvalue weighted by Gasteiger charge is -2.19. The largest absolute Gasteiger partial charge is 0.482 e. The van der Waals surface area contributed by atoms with E-state index in [1.54, 1.807) is 18.2 Å². The second kappa shape index (κ2) is 7.16. The van der Waals surface area contributed by atoms with Crippen molar-refractivity contribution in [1.29, 1.82) is 0 Å². The number of aliphatic hydroxyl groups excluding tert-OH is 1. The highest BCUT2D eigenvalue weighted by molar-refractivity contribution is 6.35. The summed E-state index contributed by atoms with van der Waals surface area (Å²) in [5.74, 6) is 0.371. The Bertz CT molecular complexity index is 481. The Labute approximate surface area is 128 Å². The summed E-state index contributed by atoms with van der Waals surface area (Å²) >= 11 is 11.7. The van der Waals surface area contributed by atoms with Gasteiger partial charge in [-0.2, -0.15) is 0 Å². The Morgan fingerprint density at radius 2 is 2.20 bits per heavy atom. The summed E-state index contributed by atoms with van der Waals surface area (Å²) < 4.78 is 5.37. The van der Waals surface area contributed by atoms with Gasteiger partial charge in [0.2, 0.25) is 0 Å². The van der Waals surface area contributed by atoms with Gasteiger partial charge >= 0.3 is 0 Å². The summed E-state index contributed by atoms with van der Waals surface area (Å²) in [5, 5.41) is 13.0. The summed E-state index contributed by atoms with van der Waals surface area (Å²) in [6, 6.07) is 4.88. The van der Waals surface area contributed by atoms with Gasteiger partial charge in [0.1, 0.15) is 5.75 Å². The summed E-state index contributed by atoms with van der Waals surface area (Å²) in [6.07, 6.45) is 2.88. The average Bonchev–Trinajstić information content (AvgIpc) is 2.85. The lowest BCUT2D eigenvalue weighted by atomic mass is 10.1. The average molecular weight is 318 g/mol. The number of carbonyl (C=O) groups excluding carboxylic acids is 1. The van der Waals surface area contributed by atoms with Crippen LogP contribution in [0.5, 0.6) is 5.75 Å². The zero-order chi connectivity index (χ0) is 14.5. The first kappa shape index (κ1) is 15.4. The highest BCUT2D eigenvalue weighted by Crippen LogP contribution is 2.28. The molecule has 1 aliphatic carbocycles. The number of hydrogen-bond acceptors (Lipinski definition) is 3. The molecule has 2 N–H and O–H groups in total. The van der Waals surface area contributed by atoms with Crippen LogP contribution in [0.1, 0.15) is 19.3 Å². The van der Waals surface area contributed by atoms with Crippen LogP contribution in [0.3, 0.4) is 0 Å². The molecule has 1 amide bonds. The van der Waals surface area contributed by atoms with E-state index in [1.807, 2.05) is 0 Å². The standard InChI is InChI=1S/C14H17Cl2NO3/c15-10-4-5-13(11(16)6-10)20-8-14(19)17-12-3-1-2-9(12)7-18/h4-6,9,12,18H,1-3,7-8H2,(H,17,19). The van der Waals surface area contributed by atoms with Gasteiger partial charge in [-0.3, -0.25) is 4.79 Å². The van der Waals surface area contributed by atoms with E-state index in [0.29, 0.717) is 15.8 Å². The van der Waals surface area contributed by atoms with E-state index in [-0.39, 0.29) is 31.1 Å². The van der Waals surface area contributed by atoms with Gasteiger partial charge < -0.3 is 15.2 Å². The van der Waals surface area contributed by atoms with E-state index < -0.39 is 0 Å². The molecular formula is C14H17Cl2NO3. The zero-order valence-corrected chi connectivity index (χ0v) is 12.5. The van der Waals surface area contributed by atoms with E-state index in [2.05, 4.69) is 5.32 Å². The predicted molar refractivity (Wildman–Crippen MR) is 78.3 cm³/mol. The van der Waals surface area contributed by atoms with E-state index in [4.69, 9.17) is 27.9 Å². The molecule has 0 aromatic heterocycles. The number of ether oxygens (including phenoxy) is 1. The first-order valence-electron chi connectivity index (χ1n) is 6.58. The number of halogens is 2. The normalized spacial score (nSPS) is 21.8. The van der Waals surface area contributed by atoms with Crippen molar-refractivity contribution in [3.8, 4) is 5.75 Å². The smallest absolute Gasteiger partial charge is 0.258 e. The molecule has 1 fully saturated rings. The third-order valence-electron chi connectivity index (χ3n) is 3.49. The van der Waals surface area contributed by atoms with E-state index in [9.17, 15) is 9.90 Å². The van der Waals surface area contributed by atoms with Crippen molar-refractivity contribution in [2.75, 3.05) is 13.2 Å². The van der Waals surface area contributed by atoms with Crippen molar-refractivity contribution < 1.29 is 14.6 Å². The molecule has 1 aromatic rings. The maximum Gasteiger partial charge on any atom is 0.258 e. The van der Waals surface area contributed by atoms with Gasteiger partial charge in [0.05, 0.1) is 5.02 Å². The van der Waals surface area contributed by atoms with Crippen LogP contribution in [0, 0.1) is 5.92 Å². The molecule has 2 atom stereocenters. The molecule has 0 spiro atoms. The second-order valence-corrected chi connectivity index (χ2v) is 5.75. The van der Waals surface area contributed by atoms with E-state index >= 15 is 0 Å². The third-order valence-corrected chi connectivity index (χ3v) is 4.02. The maximum atomic E-state index is 11.8. The Morgan fingerprint density at radius 3 is 2.90 bits per heavy atom. The van der Waals surface area contributed by atoms with Gasteiger partial charge in [0, 0.05) is 23.6 Å². The van der Waals surface area contributed by atoms with Gasteiger partial charge in [-0.15, -0.1) is 0 Å². The molecule has 0 saturated heterocycles. The number of carbonyl (C=O) groups is 1. The molecule has 4 nitrogen and oxygen atoms in total. The number of nitrogens with one attached hydrogen (secondary N) is 1. The van der Waals surface area contributed by atoms with Crippen molar-refractivity contribution in [1.82, 2.24) is 5.32 Å². The third kappa shape index (κ3) is 4.01. The Morgan fingerprint density at radius 1 is 1.40 bits per heavy atom. The van der Waals surface area contributed by atoms with Crippen molar-refractivity contribution in [2.45, 2.75) is 25.3 Å². The molecular weight excluding hydrogens is 301 g/mol. The molecule has 0 aliphatic heterocycles. The molecule has 6 heteroatoms. The number of rotatable bonds is 5. The predicted octanol–water partition coefficient (Wildman–Crippen LogP) is 2.65. The van der Waals surface area contributed by atoms with Crippen molar-refractivity contribution in [3.05, 3.63) is 28.2 Å². The summed E-state index contributed by atoms with van der Waals surface area (Å²) in [5.41, 5.74) is 0. The van der Waals surface area contributed by atoms with Crippen molar-refractivity contribution in [3.63, 3.8) is 0 Å². The molecule has 1 saturated carbocycles. The molecule has 0 heterocycles. The van der Waals surface area contributed by atoms with Crippen LogP contribution < -0.4 is 10.1 Å². The van der Waals surface area contributed by atoms with Crippen LogP contribution in [0.2, 0.25) is 10.0 Å². The minimum Gasteiger partial charge on any atom is -0.482 e. The Balaban J connectivity index is 1.83. The number of amides is 1. The van der Waals surface area contributed by atoms with Crippen LogP contribution >= 0.6 is 23.2 Å². The lowest BCUT2D eigenvalue weighted by molar-refractivity contribution is -0.124. The van der Waals surface area contributed by atoms with Crippen LogP contribution in [-0.4, -0.2) is 30.3 Å². The zero-order valence-electron chi connectivity index (χ0n) is 10.9.